The van der Waals surface area contributed by atoms with Gasteiger partial charge in [-0.25, -0.2) is 0 Å². The topological polar surface area (TPSA) is 141 Å². The van der Waals surface area contributed by atoms with Gasteiger partial charge < -0.3 is 23.1 Å². The van der Waals surface area contributed by atoms with Crippen molar-refractivity contribution in [2.45, 2.75) is 71.1 Å². The molecule has 0 amide bonds. The first kappa shape index (κ1) is 38.2. The van der Waals surface area contributed by atoms with Gasteiger partial charge in [0, 0.05) is 18.2 Å². The van der Waals surface area contributed by atoms with E-state index in [0.29, 0.717) is 58.1 Å². The van der Waals surface area contributed by atoms with Gasteiger partial charge in [0.15, 0.2) is 8.32 Å². The third-order valence-electron chi connectivity index (χ3n) is 8.22. The maximum atomic E-state index is 9.53. The van der Waals surface area contributed by atoms with E-state index in [-0.39, 0.29) is 11.7 Å². The van der Waals surface area contributed by atoms with Gasteiger partial charge in [-0.2, -0.15) is 21.0 Å². The van der Waals surface area contributed by atoms with Crippen molar-refractivity contribution in [3.8, 4) is 53.0 Å². The van der Waals surface area contributed by atoms with Gasteiger partial charge in [0.05, 0.1) is 28.4 Å². The Balaban J connectivity index is 1.34. The molecule has 0 heterocycles. The van der Waals surface area contributed by atoms with Gasteiger partial charge in [0.25, 0.3) is 0 Å². The average Bonchev–Trinajstić information content (AvgIpc) is 3.09. The molecule has 0 aliphatic heterocycles. The minimum Gasteiger partial charge on any atom is -0.494 e. The highest BCUT2D eigenvalue weighted by atomic mass is 28.4. The van der Waals surface area contributed by atoms with Crippen LogP contribution in [0.2, 0.25) is 32.2 Å². The third kappa shape index (κ3) is 10.5. The molecule has 4 aromatic carbocycles. The molecular formula is C40H42N4O5Si2. The zero-order valence-electron chi connectivity index (χ0n) is 30.1. The molecule has 2 unspecified atom stereocenters. The van der Waals surface area contributed by atoms with Gasteiger partial charge in [-0.1, -0.05) is 25.1 Å². The normalized spacial score (nSPS) is 12.9. The zero-order chi connectivity index (χ0) is 37.2. The third-order valence-corrected chi connectivity index (χ3v) is 15.0. The molecule has 4 aromatic rings. The van der Waals surface area contributed by atoms with E-state index in [1.54, 1.807) is 36.4 Å². The van der Waals surface area contributed by atoms with Crippen LogP contribution in [-0.4, -0.2) is 29.0 Å². The molecule has 51 heavy (non-hydrogen) atoms. The molecule has 0 fully saturated rings. The first-order valence-electron chi connectivity index (χ1n) is 16.7. The summed E-state index contributed by atoms with van der Waals surface area (Å²) in [4.78, 5) is 0. The van der Waals surface area contributed by atoms with Crippen LogP contribution in [0.5, 0.6) is 28.7 Å². The van der Waals surface area contributed by atoms with Crippen molar-refractivity contribution < 1.29 is 23.1 Å². The summed E-state index contributed by atoms with van der Waals surface area (Å²) in [6.07, 6.45) is 0.984. The van der Waals surface area contributed by atoms with E-state index in [4.69, 9.17) is 23.1 Å². The lowest BCUT2D eigenvalue weighted by Gasteiger charge is -2.35. The van der Waals surface area contributed by atoms with Crippen LogP contribution in [0.3, 0.4) is 0 Å². The van der Waals surface area contributed by atoms with E-state index in [2.05, 4.69) is 38.3 Å². The highest BCUT2D eigenvalue weighted by Gasteiger charge is 2.36. The van der Waals surface area contributed by atoms with Crippen LogP contribution >= 0.6 is 0 Å². The van der Waals surface area contributed by atoms with E-state index in [9.17, 15) is 21.0 Å². The largest absolute Gasteiger partial charge is 0.494 e. The highest BCUT2D eigenvalue weighted by molar-refractivity contribution is 6.84. The average molecular weight is 715 g/mol. The Kier molecular flexibility index (Phi) is 12.3. The molecule has 0 saturated heterocycles. The zero-order valence-corrected chi connectivity index (χ0v) is 32.1. The number of nitriles is 4. The van der Waals surface area contributed by atoms with Gasteiger partial charge in [-0.05, 0) is 107 Å². The van der Waals surface area contributed by atoms with E-state index < -0.39 is 22.2 Å². The van der Waals surface area contributed by atoms with Gasteiger partial charge in [-0.15, -0.1) is 0 Å². The Morgan fingerprint density at radius 1 is 0.647 bits per heavy atom. The van der Waals surface area contributed by atoms with Crippen molar-refractivity contribution in [3.05, 3.63) is 113 Å². The number of hydrogen-bond acceptors (Lipinski definition) is 9. The molecule has 0 saturated carbocycles. The van der Waals surface area contributed by atoms with Crippen LogP contribution in [0.1, 0.15) is 55.0 Å². The standard InChI is InChI=1S/C40H42N4O5Si2/c1-8-40(3,34-17-15-30(23-41)32(19-34)25-43)48-39-14-9-11-35(21-39)45-28-51(6,7)49-50(4,5)27-29(2)46-36-12-10-13-37(22-36)47-38-18-16-31(24-42)33(20-38)26-44/h9-22,29H,8,27-28H2,1-7H3. The van der Waals surface area contributed by atoms with Crippen LogP contribution in [0.4, 0.5) is 0 Å². The van der Waals surface area contributed by atoms with E-state index in [0.717, 1.165) is 11.6 Å². The Morgan fingerprint density at radius 3 is 1.84 bits per heavy atom. The lowest BCUT2D eigenvalue weighted by atomic mass is 9.90. The number of rotatable bonds is 15. The lowest BCUT2D eigenvalue weighted by molar-refractivity contribution is 0.0822. The van der Waals surface area contributed by atoms with Crippen LogP contribution in [0, 0.1) is 45.3 Å². The molecule has 0 bridgehead atoms. The summed E-state index contributed by atoms with van der Waals surface area (Å²) >= 11 is 0. The lowest BCUT2D eigenvalue weighted by Crippen LogP contribution is -2.49. The smallest absolute Gasteiger partial charge is 0.213 e. The second kappa shape index (κ2) is 16.4. The Morgan fingerprint density at radius 2 is 1.20 bits per heavy atom. The Bertz CT molecular complexity index is 2040. The number of ether oxygens (including phenoxy) is 4. The summed E-state index contributed by atoms with van der Waals surface area (Å²) in [7, 11) is -4.45. The monoisotopic (exact) mass is 714 g/mol. The SMILES string of the molecule is CCC(C)(Oc1cccc(OC[Si](C)(C)O[Si](C)(C)CC(C)Oc2cccc(Oc3ccc(C#N)c(C#N)c3)c2)c1)c1ccc(C#N)c(C#N)c1. The minimum absolute atomic E-state index is 0.116. The molecule has 11 heteroatoms. The van der Waals surface area contributed by atoms with Crippen molar-refractivity contribution in [2.24, 2.45) is 0 Å². The summed E-state index contributed by atoms with van der Waals surface area (Å²) in [6.45, 7) is 14.7. The summed E-state index contributed by atoms with van der Waals surface area (Å²) in [6, 6.07) is 33.8. The molecule has 0 spiro atoms. The maximum Gasteiger partial charge on any atom is 0.213 e. The predicted octanol–water partition coefficient (Wildman–Crippen LogP) is 9.48. The van der Waals surface area contributed by atoms with E-state index in [1.165, 1.54) is 0 Å². The van der Waals surface area contributed by atoms with Crippen molar-refractivity contribution in [1.82, 2.24) is 0 Å². The molecule has 260 valence electrons. The summed E-state index contributed by atoms with van der Waals surface area (Å²) in [5.41, 5.74) is 1.33. The van der Waals surface area contributed by atoms with Gasteiger partial charge in [-0.3, -0.25) is 0 Å². The summed E-state index contributed by atoms with van der Waals surface area (Å²) in [5, 5.41) is 37.4. The van der Waals surface area contributed by atoms with Crippen molar-refractivity contribution >= 4 is 16.6 Å². The quantitative estimate of drug-likeness (QED) is 0.110. The van der Waals surface area contributed by atoms with E-state index in [1.807, 2.05) is 81.4 Å². The first-order chi connectivity index (χ1) is 24.2. The van der Waals surface area contributed by atoms with Gasteiger partial charge >= 0.3 is 0 Å². The van der Waals surface area contributed by atoms with Gasteiger partial charge in [0.1, 0.15) is 64.9 Å². The molecule has 9 nitrogen and oxygen atoms in total. The molecule has 0 N–H and O–H groups in total. The molecular weight excluding hydrogens is 673 g/mol. The number of nitrogens with zero attached hydrogens (tertiary/aromatic N) is 4. The summed E-state index contributed by atoms with van der Waals surface area (Å²) in [5.74, 6) is 2.99. The maximum absolute atomic E-state index is 9.53. The Hall–Kier alpha value is -5.57. The second-order valence-corrected chi connectivity index (χ2v) is 22.2. The van der Waals surface area contributed by atoms with Crippen LogP contribution < -0.4 is 18.9 Å². The van der Waals surface area contributed by atoms with E-state index >= 15 is 0 Å². The predicted molar refractivity (Wildman–Crippen MR) is 199 cm³/mol. The Labute approximate surface area is 303 Å². The van der Waals surface area contributed by atoms with Crippen LogP contribution in [0.25, 0.3) is 0 Å². The number of benzene rings is 4. The van der Waals surface area contributed by atoms with Crippen molar-refractivity contribution in [1.29, 1.82) is 21.0 Å². The fourth-order valence-corrected chi connectivity index (χ4v) is 14.4. The summed E-state index contributed by atoms with van der Waals surface area (Å²) < 4.78 is 31.9. The fourth-order valence-electron chi connectivity index (χ4n) is 5.85. The van der Waals surface area contributed by atoms with Crippen LogP contribution in [0.15, 0.2) is 84.9 Å². The highest BCUT2D eigenvalue weighted by Crippen LogP contribution is 2.34. The molecule has 0 aliphatic rings. The molecule has 0 aromatic heterocycles. The van der Waals surface area contributed by atoms with Crippen molar-refractivity contribution in [2.75, 3.05) is 6.23 Å². The molecule has 0 aliphatic carbocycles. The molecule has 4 rings (SSSR count). The fraction of sp³-hybridized carbons (Fsp3) is 0.300. The minimum atomic E-state index is -2.27. The molecule has 2 atom stereocenters. The number of hydrogen-bond donors (Lipinski definition) is 0. The molecule has 0 radical (unpaired) electrons. The first-order valence-corrected chi connectivity index (χ1v) is 22.9. The van der Waals surface area contributed by atoms with Gasteiger partial charge in [0.2, 0.25) is 8.32 Å². The van der Waals surface area contributed by atoms with Crippen LogP contribution in [-0.2, 0) is 9.72 Å². The van der Waals surface area contributed by atoms with Crippen molar-refractivity contribution in [3.63, 3.8) is 0 Å². The second-order valence-electron chi connectivity index (χ2n) is 13.7.